The molecule has 1 aromatic carbocycles. The Labute approximate surface area is 120 Å². The zero-order valence-corrected chi connectivity index (χ0v) is 11.9. The summed E-state index contributed by atoms with van der Waals surface area (Å²) in [6, 6.07) is 7.97. The number of aromatic nitrogens is 5. The van der Waals surface area contributed by atoms with E-state index in [1.165, 1.54) is 11.8 Å². The summed E-state index contributed by atoms with van der Waals surface area (Å²) in [5.41, 5.74) is 2.11. The molecule has 102 valence electrons. The van der Waals surface area contributed by atoms with Gasteiger partial charge in [0.1, 0.15) is 5.03 Å². The molecule has 1 N–H and O–H groups in total. The fourth-order valence-electron chi connectivity index (χ4n) is 1.81. The predicted octanol–water partition coefficient (Wildman–Crippen LogP) is 3.02. The molecular formula is C13H13N5OS. The molecular weight excluding hydrogens is 274 g/mol. The Hall–Kier alpha value is -2.15. The van der Waals surface area contributed by atoms with Crippen LogP contribution in [0.2, 0.25) is 0 Å². The van der Waals surface area contributed by atoms with Crippen molar-refractivity contribution in [1.29, 1.82) is 0 Å². The Morgan fingerprint density at radius 2 is 2.15 bits per heavy atom. The molecule has 0 saturated carbocycles. The Bertz CT molecular complexity index is 694. The number of H-pyrrole nitrogens is 1. The minimum absolute atomic E-state index is 0.0189. The van der Waals surface area contributed by atoms with Crippen molar-refractivity contribution in [3.63, 3.8) is 0 Å². The molecule has 6 nitrogen and oxygen atoms in total. The highest BCUT2D eigenvalue weighted by Gasteiger charge is 2.18. The first-order valence-corrected chi connectivity index (χ1v) is 7.04. The van der Waals surface area contributed by atoms with Gasteiger partial charge in [0.05, 0.1) is 11.4 Å². The summed E-state index contributed by atoms with van der Waals surface area (Å²) in [6.07, 6.45) is 1.67. The van der Waals surface area contributed by atoms with Gasteiger partial charge in [-0.25, -0.2) is 0 Å². The van der Waals surface area contributed by atoms with Crippen LogP contribution in [0.25, 0.3) is 11.4 Å². The third-order valence-electron chi connectivity index (χ3n) is 2.87. The number of hydrogen-bond donors (Lipinski definition) is 1. The highest BCUT2D eigenvalue weighted by Crippen LogP contribution is 2.33. The number of hydrogen-bond acceptors (Lipinski definition) is 6. The van der Waals surface area contributed by atoms with Crippen LogP contribution in [0.15, 0.2) is 40.0 Å². The molecule has 1 atom stereocenters. The summed E-state index contributed by atoms with van der Waals surface area (Å²) < 4.78 is 5.34. The van der Waals surface area contributed by atoms with Gasteiger partial charge in [-0.3, -0.25) is 0 Å². The van der Waals surface area contributed by atoms with Gasteiger partial charge in [0.15, 0.2) is 0 Å². The van der Waals surface area contributed by atoms with Crippen LogP contribution in [0.1, 0.15) is 23.6 Å². The number of rotatable bonds is 4. The molecule has 0 radical (unpaired) electrons. The highest BCUT2D eigenvalue weighted by atomic mass is 32.2. The van der Waals surface area contributed by atoms with Crippen LogP contribution in [0.4, 0.5) is 0 Å². The lowest BCUT2D eigenvalue weighted by molar-refractivity contribution is 0.380. The van der Waals surface area contributed by atoms with Crippen LogP contribution in [0.5, 0.6) is 0 Å². The summed E-state index contributed by atoms with van der Waals surface area (Å²) in [7, 11) is 0. The van der Waals surface area contributed by atoms with Gasteiger partial charge in [-0.2, -0.15) is 15.3 Å². The first-order chi connectivity index (χ1) is 9.74. The lowest BCUT2D eigenvalue weighted by Gasteiger charge is -2.01. The van der Waals surface area contributed by atoms with E-state index in [9.17, 15) is 0 Å². The molecule has 0 spiro atoms. The minimum Gasteiger partial charge on any atom is -0.338 e. The van der Waals surface area contributed by atoms with Gasteiger partial charge in [0.2, 0.25) is 11.7 Å². The van der Waals surface area contributed by atoms with Crippen molar-refractivity contribution in [3.8, 4) is 11.4 Å². The number of nitrogens with one attached hydrogen (secondary N) is 1. The van der Waals surface area contributed by atoms with Crippen molar-refractivity contribution in [2.75, 3.05) is 0 Å². The maximum Gasteiger partial charge on any atom is 0.240 e. The molecule has 0 amide bonds. The quantitative estimate of drug-likeness (QED) is 0.743. The molecule has 2 heterocycles. The van der Waals surface area contributed by atoms with E-state index in [0.717, 1.165) is 16.2 Å². The van der Waals surface area contributed by atoms with E-state index in [1.807, 2.05) is 38.1 Å². The van der Waals surface area contributed by atoms with Gasteiger partial charge in [-0.05, 0) is 19.4 Å². The zero-order valence-electron chi connectivity index (χ0n) is 11.1. The van der Waals surface area contributed by atoms with E-state index in [2.05, 4.69) is 25.6 Å². The van der Waals surface area contributed by atoms with E-state index in [-0.39, 0.29) is 5.25 Å². The monoisotopic (exact) mass is 287 g/mol. The van der Waals surface area contributed by atoms with E-state index in [1.54, 1.807) is 6.20 Å². The predicted molar refractivity (Wildman–Crippen MR) is 75.1 cm³/mol. The van der Waals surface area contributed by atoms with Crippen molar-refractivity contribution < 1.29 is 4.52 Å². The van der Waals surface area contributed by atoms with E-state index in [4.69, 9.17) is 4.52 Å². The smallest absolute Gasteiger partial charge is 0.240 e. The van der Waals surface area contributed by atoms with E-state index in [0.29, 0.717) is 11.7 Å². The number of benzene rings is 1. The molecule has 2 aromatic heterocycles. The topological polar surface area (TPSA) is 80.5 Å². The number of nitrogens with zero attached hydrogens (tertiary/aromatic N) is 4. The third kappa shape index (κ3) is 2.57. The van der Waals surface area contributed by atoms with Crippen LogP contribution in [-0.2, 0) is 0 Å². The van der Waals surface area contributed by atoms with Crippen molar-refractivity contribution in [3.05, 3.63) is 41.9 Å². The Kier molecular flexibility index (Phi) is 3.51. The minimum atomic E-state index is 0.0189. The molecule has 0 aliphatic carbocycles. The second-order valence-corrected chi connectivity index (χ2v) is 5.70. The van der Waals surface area contributed by atoms with Gasteiger partial charge in [0, 0.05) is 5.56 Å². The molecule has 0 fully saturated rings. The summed E-state index contributed by atoms with van der Waals surface area (Å²) in [4.78, 5) is 4.46. The summed E-state index contributed by atoms with van der Waals surface area (Å²) in [5.74, 6) is 1.20. The summed E-state index contributed by atoms with van der Waals surface area (Å²) in [6.45, 7) is 4.02. The molecule has 0 aliphatic heterocycles. The van der Waals surface area contributed by atoms with Gasteiger partial charge in [0.25, 0.3) is 0 Å². The highest BCUT2D eigenvalue weighted by molar-refractivity contribution is 7.99. The van der Waals surface area contributed by atoms with Crippen molar-refractivity contribution in [1.82, 2.24) is 25.6 Å². The van der Waals surface area contributed by atoms with Gasteiger partial charge < -0.3 is 4.52 Å². The fraction of sp³-hybridized carbons (Fsp3) is 0.231. The Balaban J connectivity index is 1.81. The van der Waals surface area contributed by atoms with Gasteiger partial charge in [-0.1, -0.05) is 41.2 Å². The maximum absolute atomic E-state index is 5.34. The first-order valence-electron chi connectivity index (χ1n) is 6.16. The van der Waals surface area contributed by atoms with Crippen molar-refractivity contribution >= 4 is 11.8 Å². The van der Waals surface area contributed by atoms with Crippen molar-refractivity contribution in [2.45, 2.75) is 24.1 Å². The second kappa shape index (κ2) is 5.46. The fourth-order valence-corrected chi connectivity index (χ4v) is 2.58. The molecule has 0 aliphatic rings. The van der Waals surface area contributed by atoms with Crippen LogP contribution in [-0.4, -0.2) is 25.6 Å². The Morgan fingerprint density at radius 3 is 2.90 bits per heavy atom. The lowest BCUT2D eigenvalue weighted by Crippen LogP contribution is -1.90. The van der Waals surface area contributed by atoms with Crippen LogP contribution >= 0.6 is 11.8 Å². The Morgan fingerprint density at radius 1 is 1.30 bits per heavy atom. The maximum atomic E-state index is 5.34. The molecule has 3 aromatic rings. The summed E-state index contributed by atoms with van der Waals surface area (Å²) in [5, 5.41) is 15.2. The molecule has 0 saturated heterocycles. The lowest BCUT2D eigenvalue weighted by atomic mass is 10.1. The zero-order chi connectivity index (χ0) is 13.9. The van der Waals surface area contributed by atoms with Gasteiger partial charge >= 0.3 is 0 Å². The third-order valence-corrected chi connectivity index (χ3v) is 3.86. The van der Waals surface area contributed by atoms with Crippen LogP contribution in [0.3, 0.4) is 0 Å². The summed E-state index contributed by atoms with van der Waals surface area (Å²) >= 11 is 1.51. The molecule has 0 bridgehead atoms. The number of thioether (sulfide) groups is 1. The number of aryl methyl sites for hydroxylation is 1. The second-order valence-electron chi connectivity index (χ2n) is 4.34. The molecule has 7 heteroatoms. The number of aromatic amines is 1. The average molecular weight is 287 g/mol. The van der Waals surface area contributed by atoms with Crippen LogP contribution < -0.4 is 0 Å². The van der Waals surface area contributed by atoms with Crippen LogP contribution in [0, 0.1) is 6.92 Å². The average Bonchev–Trinajstić information content (AvgIpc) is 3.10. The molecule has 20 heavy (non-hydrogen) atoms. The first kappa shape index (κ1) is 12.9. The SMILES string of the molecule is Cc1ccccc1-c1noc([C@H](C)Sc2cn[nH]n2)n1. The van der Waals surface area contributed by atoms with Gasteiger partial charge in [-0.15, -0.1) is 5.10 Å². The largest absolute Gasteiger partial charge is 0.338 e. The van der Waals surface area contributed by atoms with Crippen molar-refractivity contribution in [2.24, 2.45) is 0 Å². The van der Waals surface area contributed by atoms with E-state index >= 15 is 0 Å². The molecule has 3 rings (SSSR count). The molecule has 0 unspecified atom stereocenters. The normalized spacial score (nSPS) is 12.5. The standard InChI is InChI=1S/C13H13N5OS/c1-8-5-3-4-6-10(8)12-15-13(19-17-12)9(2)20-11-7-14-18-16-11/h3-7,9H,1-2H3,(H,14,16,18)/t9-/m0/s1. The van der Waals surface area contributed by atoms with E-state index < -0.39 is 0 Å².